The summed E-state index contributed by atoms with van der Waals surface area (Å²) in [4.78, 5) is 8.65. The molecule has 1 aromatic carbocycles. The number of nitrogens with zero attached hydrogens (tertiary/aromatic N) is 2. The molecule has 0 fully saturated rings. The highest BCUT2D eigenvalue weighted by Crippen LogP contribution is 2.14. The van der Waals surface area contributed by atoms with E-state index in [1.165, 1.54) is 0 Å². The van der Waals surface area contributed by atoms with E-state index in [-0.39, 0.29) is 0 Å². The normalized spacial score (nSPS) is 10.3. The molecule has 2 aromatic rings. The summed E-state index contributed by atoms with van der Waals surface area (Å²) in [7, 11) is 0. The van der Waals surface area contributed by atoms with E-state index in [1.54, 1.807) is 0 Å². The maximum absolute atomic E-state index is 5.55. The smallest absolute Gasteiger partial charge is 0.227 e. The van der Waals surface area contributed by atoms with Gasteiger partial charge in [-0.15, -0.1) is 0 Å². The molecule has 0 amide bonds. The highest BCUT2D eigenvalue weighted by molar-refractivity contribution is 5.53. The van der Waals surface area contributed by atoms with Crippen LogP contribution in [0.5, 0.6) is 0 Å². The minimum Gasteiger partial charge on any atom is -0.326 e. The summed E-state index contributed by atoms with van der Waals surface area (Å²) in [5.74, 6) is 0.628. The van der Waals surface area contributed by atoms with Crippen LogP contribution in [0.15, 0.2) is 30.3 Å². The Kier molecular flexibility index (Phi) is 3.35. The second-order valence-corrected chi connectivity index (χ2v) is 4.00. The van der Waals surface area contributed by atoms with Crippen molar-refractivity contribution in [3.05, 3.63) is 47.3 Å². The molecule has 0 aliphatic carbocycles. The van der Waals surface area contributed by atoms with Crippen LogP contribution >= 0.6 is 0 Å². The van der Waals surface area contributed by atoms with Crippen molar-refractivity contribution in [3.63, 3.8) is 0 Å². The lowest BCUT2D eigenvalue weighted by atomic mass is 10.2. The molecule has 0 saturated carbocycles. The van der Waals surface area contributed by atoms with Crippen LogP contribution < -0.4 is 11.1 Å². The molecule has 2 rings (SSSR count). The Hall–Kier alpha value is -1.94. The maximum atomic E-state index is 5.55. The monoisotopic (exact) mass is 228 g/mol. The third-order valence-electron chi connectivity index (χ3n) is 2.43. The Balaban J connectivity index is 2.19. The van der Waals surface area contributed by atoms with Gasteiger partial charge in [0.2, 0.25) is 5.95 Å². The number of aromatic nitrogens is 2. The molecule has 0 aliphatic rings. The molecule has 0 radical (unpaired) electrons. The van der Waals surface area contributed by atoms with Crippen molar-refractivity contribution in [1.82, 2.24) is 9.97 Å². The number of nitrogens with two attached hydrogens (primary N) is 1. The van der Waals surface area contributed by atoms with Gasteiger partial charge in [-0.2, -0.15) is 0 Å². The summed E-state index contributed by atoms with van der Waals surface area (Å²) < 4.78 is 0. The average Bonchev–Trinajstić information content (AvgIpc) is 2.28. The van der Waals surface area contributed by atoms with Crippen LogP contribution in [-0.4, -0.2) is 9.97 Å². The minimum atomic E-state index is 0.556. The zero-order valence-corrected chi connectivity index (χ0v) is 10.1. The summed E-state index contributed by atoms with van der Waals surface area (Å²) in [5.41, 5.74) is 9.53. The van der Waals surface area contributed by atoms with E-state index >= 15 is 0 Å². The van der Waals surface area contributed by atoms with Crippen molar-refractivity contribution in [3.8, 4) is 0 Å². The van der Waals surface area contributed by atoms with Gasteiger partial charge in [-0.3, -0.25) is 0 Å². The standard InChI is InChI=1S/C13H16N4/c1-9-7-10(2)16-13(15-9)17-12-5-3-11(8-14)4-6-12/h3-7H,8,14H2,1-2H3,(H,15,16,17). The van der Waals surface area contributed by atoms with Gasteiger partial charge in [-0.05, 0) is 37.6 Å². The molecule has 4 heteroatoms. The molecule has 0 unspecified atom stereocenters. The van der Waals surface area contributed by atoms with E-state index in [9.17, 15) is 0 Å². The summed E-state index contributed by atoms with van der Waals surface area (Å²) in [6.45, 7) is 4.47. The maximum Gasteiger partial charge on any atom is 0.227 e. The third-order valence-corrected chi connectivity index (χ3v) is 2.43. The summed E-state index contributed by atoms with van der Waals surface area (Å²) in [6, 6.07) is 9.88. The van der Waals surface area contributed by atoms with Gasteiger partial charge in [0, 0.05) is 23.6 Å². The van der Waals surface area contributed by atoms with Gasteiger partial charge in [-0.25, -0.2) is 9.97 Å². The van der Waals surface area contributed by atoms with Gasteiger partial charge in [0.05, 0.1) is 0 Å². The zero-order valence-electron chi connectivity index (χ0n) is 10.1. The van der Waals surface area contributed by atoms with Crippen molar-refractivity contribution in [2.45, 2.75) is 20.4 Å². The van der Waals surface area contributed by atoms with E-state index in [1.807, 2.05) is 44.2 Å². The Morgan fingerprint density at radius 1 is 1.06 bits per heavy atom. The molecule has 4 nitrogen and oxygen atoms in total. The number of hydrogen-bond donors (Lipinski definition) is 2. The van der Waals surface area contributed by atoms with E-state index in [0.29, 0.717) is 12.5 Å². The lowest BCUT2D eigenvalue weighted by Crippen LogP contribution is -2.00. The molecule has 0 aliphatic heterocycles. The highest BCUT2D eigenvalue weighted by atomic mass is 15.1. The van der Waals surface area contributed by atoms with Crippen LogP contribution in [0.3, 0.4) is 0 Å². The van der Waals surface area contributed by atoms with E-state index in [0.717, 1.165) is 22.6 Å². The fourth-order valence-electron chi connectivity index (χ4n) is 1.64. The number of hydrogen-bond acceptors (Lipinski definition) is 4. The number of anilines is 2. The molecule has 0 spiro atoms. The van der Waals surface area contributed by atoms with E-state index in [4.69, 9.17) is 5.73 Å². The van der Waals surface area contributed by atoms with Crippen LogP contribution in [0.4, 0.5) is 11.6 Å². The first-order valence-corrected chi connectivity index (χ1v) is 5.55. The van der Waals surface area contributed by atoms with Gasteiger partial charge in [0.25, 0.3) is 0 Å². The zero-order chi connectivity index (χ0) is 12.3. The number of aryl methyl sites for hydroxylation is 2. The third kappa shape index (κ3) is 3.01. The topological polar surface area (TPSA) is 63.8 Å². The first-order valence-electron chi connectivity index (χ1n) is 5.55. The Labute approximate surface area is 101 Å². The van der Waals surface area contributed by atoms with Crippen molar-refractivity contribution in [2.75, 3.05) is 5.32 Å². The second-order valence-electron chi connectivity index (χ2n) is 4.00. The molecule has 1 heterocycles. The lowest BCUT2D eigenvalue weighted by Gasteiger charge is -2.07. The van der Waals surface area contributed by atoms with Crippen molar-refractivity contribution >= 4 is 11.6 Å². The first kappa shape index (κ1) is 11.5. The molecule has 17 heavy (non-hydrogen) atoms. The molecule has 3 N–H and O–H groups in total. The van der Waals surface area contributed by atoms with Crippen LogP contribution in [0.2, 0.25) is 0 Å². The van der Waals surface area contributed by atoms with Crippen molar-refractivity contribution in [1.29, 1.82) is 0 Å². The van der Waals surface area contributed by atoms with Crippen molar-refractivity contribution in [2.24, 2.45) is 5.73 Å². The Morgan fingerprint density at radius 2 is 1.65 bits per heavy atom. The molecule has 0 atom stereocenters. The van der Waals surface area contributed by atoms with Crippen molar-refractivity contribution < 1.29 is 0 Å². The van der Waals surface area contributed by atoms with Crippen LogP contribution in [0.1, 0.15) is 17.0 Å². The summed E-state index contributed by atoms with van der Waals surface area (Å²) >= 11 is 0. The average molecular weight is 228 g/mol. The minimum absolute atomic E-state index is 0.556. The molecular formula is C13H16N4. The number of nitrogens with one attached hydrogen (secondary N) is 1. The number of rotatable bonds is 3. The van der Waals surface area contributed by atoms with Crippen LogP contribution in [0.25, 0.3) is 0 Å². The largest absolute Gasteiger partial charge is 0.326 e. The van der Waals surface area contributed by atoms with E-state index in [2.05, 4.69) is 15.3 Å². The van der Waals surface area contributed by atoms with Gasteiger partial charge in [0.15, 0.2) is 0 Å². The molecule has 88 valence electrons. The van der Waals surface area contributed by atoms with Crippen LogP contribution in [-0.2, 0) is 6.54 Å². The fraction of sp³-hybridized carbons (Fsp3) is 0.231. The summed E-state index contributed by atoms with van der Waals surface area (Å²) in [6.07, 6.45) is 0. The van der Waals surface area contributed by atoms with Gasteiger partial charge >= 0.3 is 0 Å². The summed E-state index contributed by atoms with van der Waals surface area (Å²) in [5, 5.41) is 3.17. The fourth-order valence-corrected chi connectivity index (χ4v) is 1.64. The second kappa shape index (κ2) is 4.93. The molecule has 0 bridgehead atoms. The molecular weight excluding hydrogens is 212 g/mol. The Bertz CT molecular complexity index is 485. The first-order chi connectivity index (χ1) is 8.17. The highest BCUT2D eigenvalue weighted by Gasteiger charge is 2.00. The van der Waals surface area contributed by atoms with E-state index < -0.39 is 0 Å². The van der Waals surface area contributed by atoms with Gasteiger partial charge in [-0.1, -0.05) is 12.1 Å². The Morgan fingerprint density at radius 3 is 2.18 bits per heavy atom. The van der Waals surface area contributed by atoms with Gasteiger partial charge < -0.3 is 11.1 Å². The SMILES string of the molecule is Cc1cc(C)nc(Nc2ccc(CN)cc2)n1. The molecule has 0 saturated heterocycles. The quantitative estimate of drug-likeness (QED) is 0.846. The molecule has 1 aromatic heterocycles. The predicted molar refractivity (Wildman–Crippen MR) is 69.1 cm³/mol. The predicted octanol–water partition coefficient (Wildman–Crippen LogP) is 2.30. The van der Waals surface area contributed by atoms with Gasteiger partial charge in [0.1, 0.15) is 0 Å². The number of benzene rings is 1. The lowest BCUT2D eigenvalue weighted by molar-refractivity contribution is 1.06. The van der Waals surface area contributed by atoms with Crippen LogP contribution in [0, 0.1) is 13.8 Å².